The second kappa shape index (κ2) is 9.20. The Bertz CT molecular complexity index is 650. The molecule has 7 N–H and O–H groups in total. The van der Waals surface area contributed by atoms with E-state index >= 15 is 0 Å². The predicted molar refractivity (Wildman–Crippen MR) is 89.1 cm³/mol. The molecule has 1 aliphatic rings. The van der Waals surface area contributed by atoms with Crippen molar-refractivity contribution in [3.8, 4) is 0 Å². The summed E-state index contributed by atoms with van der Waals surface area (Å²) >= 11 is 0.948. The third-order valence-corrected chi connectivity index (χ3v) is 4.90. The molecular weight excluding hydrogens is 370 g/mol. The fourth-order valence-corrected chi connectivity index (χ4v) is 3.31. The Hall–Kier alpha value is -2.60. The lowest BCUT2D eigenvalue weighted by Gasteiger charge is -2.30. The van der Waals surface area contributed by atoms with Crippen molar-refractivity contribution >= 4 is 41.9 Å². The quantitative estimate of drug-likeness (QED) is 0.243. The van der Waals surface area contributed by atoms with Crippen LogP contribution in [0.1, 0.15) is 13.3 Å². The molecule has 4 atom stereocenters. The fourth-order valence-electron chi connectivity index (χ4n) is 2.16. The van der Waals surface area contributed by atoms with Gasteiger partial charge in [-0.2, -0.15) is 0 Å². The molecule has 1 aliphatic heterocycles. The van der Waals surface area contributed by atoms with Gasteiger partial charge in [0.1, 0.15) is 23.4 Å². The van der Waals surface area contributed by atoms with Crippen LogP contribution in [0.15, 0.2) is 11.3 Å². The SMILES string of the molecule is CC(CC(=O)N[C@H](C(=O)O)[C@@H]1NC(C(=O)O)=C(C=O)CS1)C(N)C(=O)O. The molecule has 144 valence electrons. The second-order valence-corrected chi connectivity index (χ2v) is 6.76. The maximum Gasteiger partial charge on any atom is 0.352 e. The van der Waals surface area contributed by atoms with E-state index in [-0.39, 0.29) is 17.7 Å². The molecular formula is C14H19N3O8S. The third kappa shape index (κ3) is 5.46. The van der Waals surface area contributed by atoms with Gasteiger partial charge < -0.3 is 31.7 Å². The molecule has 0 radical (unpaired) electrons. The maximum absolute atomic E-state index is 12.0. The van der Waals surface area contributed by atoms with Gasteiger partial charge in [-0.1, -0.05) is 6.92 Å². The van der Waals surface area contributed by atoms with E-state index in [2.05, 4.69) is 10.6 Å². The zero-order valence-electron chi connectivity index (χ0n) is 13.7. The molecule has 0 aliphatic carbocycles. The lowest BCUT2D eigenvalue weighted by atomic mass is 9.98. The number of nitrogens with two attached hydrogens (primary N) is 1. The Kier molecular flexibility index (Phi) is 7.58. The van der Waals surface area contributed by atoms with Crippen molar-refractivity contribution in [2.45, 2.75) is 30.8 Å². The van der Waals surface area contributed by atoms with E-state index in [1.165, 1.54) is 6.92 Å². The summed E-state index contributed by atoms with van der Waals surface area (Å²) in [4.78, 5) is 56.4. The van der Waals surface area contributed by atoms with E-state index in [9.17, 15) is 29.1 Å². The molecule has 11 nitrogen and oxygen atoms in total. The molecule has 1 rings (SSSR count). The molecule has 26 heavy (non-hydrogen) atoms. The Balaban J connectivity index is 2.84. The summed E-state index contributed by atoms with van der Waals surface area (Å²) in [6, 6.07) is -2.79. The average molecular weight is 389 g/mol. The van der Waals surface area contributed by atoms with Crippen LogP contribution < -0.4 is 16.4 Å². The molecule has 0 aromatic rings. The van der Waals surface area contributed by atoms with Gasteiger partial charge in [-0.3, -0.25) is 14.4 Å². The molecule has 0 bridgehead atoms. The lowest BCUT2D eigenvalue weighted by molar-refractivity contribution is -0.143. The maximum atomic E-state index is 12.0. The van der Waals surface area contributed by atoms with Gasteiger partial charge in [0.05, 0.1) is 0 Å². The number of rotatable bonds is 9. The first kappa shape index (κ1) is 21.4. The van der Waals surface area contributed by atoms with Gasteiger partial charge in [-0.15, -0.1) is 11.8 Å². The summed E-state index contributed by atoms with van der Waals surface area (Å²) in [6.45, 7) is 1.43. The number of carboxylic acid groups (broad SMARTS) is 3. The van der Waals surface area contributed by atoms with Crippen LogP contribution in [0.2, 0.25) is 0 Å². The topological polar surface area (TPSA) is 196 Å². The van der Waals surface area contributed by atoms with Crippen LogP contribution in [0.5, 0.6) is 0 Å². The van der Waals surface area contributed by atoms with Crippen molar-refractivity contribution in [3.05, 3.63) is 11.3 Å². The molecule has 0 aromatic carbocycles. The minimum atomic E-state index is -1.50. The summed E-state index contributed by atoms with van der Waals surface area (Å²) in [6.07, 6.45) is 0.0405. The van der Waals surface area contributed by atoms with Gasteiger partial charge in [0.15, 0.2) is 6.04 Å². The molecule has 12 heteroatoms. The molecule has 1 amide bonds. The highest BCUT2D eigenvalue weighted by Gasteiger charge is 2.36. The Morgan fingerprint density at radius 2 is 1.92 bits per heavy atom. The molecule has 0 saturated heterocycles. The average Bonchev–Trinajstić information content (AvgIpc) is 2.57. The zero-order valence-corrected chi connectivity index (χ0v) is 14.5. The number of aliphatic carboxylic acids is 3. The molecule has 0 fully saturated rings. The number of carbonyl (C=O) groups excluding carboxylic acids is 2. The fraction of sp³-hybridized carbons (Fsp3) is 0.500. The van der Waals surface area contributed by atoms with Crippen LogP contribution in [0.25, 0.3) is 0 Å². The highest BCUT2D eigenvalue weighted by atomic mass is 32.2. The smallest absolute Gasteiger partial charge is 0.352 e. The number of carboxylic acids is 3. The Labute approximate surface area is 152 Å². The summed E-state index contributed by atoms with van der Waals surface area (Å²) in [5.74, 6) is -5.66. The zero-order chi connectivity index (χ0) is 20.0. The van der Waals surface area contributed by atoms with E-state index in [1.807, 2.05) is 0 Å². The van der Waals surface area contributed by atoms with Crippen molar-refractivity contribution in [2.24, 2.45) is 11.7 Å². The first-order chi connectivity index (χ1) is 12.1. The van der Waals surface area contributed by atoms with Crippen LogP contribution in [0.4, 0.5) is 0 Å². The number of nitrogens with one attached hydrogen (secondary N) is 2. The van der Waals surface area contributed by atoms with Crippen LogP contribution in [0, 0.1) is 5.92 Å². The lowest BCUT2D eigenvalue weighted by Crippen LogP contribution is -2.55. The number of hydrogen-bond donors (Lipinski definition) is 6. The van der Waals surface area contributed by atoms with Gasteiger partial charge >= 0.3 is 17.9 Å². The minimum Gasteiger partial charge on any atom is -0.480 e. The summed E-state index contributed by atoms with van der Waals surface area (Å²) in [5.41, 5.74) is 4.95. The molecule has 0 saturated carbocycles. The van der Waals surface area contributed by atoms with Crippen molar-refractivity contribution in [1.82, 2.24) is 10.6 Å². The number of hydrogen-bond acceptors (Lipinski definition) is 8. The van der Waals surface area contributed by atoms with Crippen molar-refractivity contribution < 1.29 is 39.3 Å². The number of amides is 1. The largest absolute Gasteiger partial charge is 0.480 e. The van der Waals surface area contributed by atoms with Crippen LogP contribution in [0.3, 0.4) is 0 Å². The molecule has 2 unspecified atom stereocenters. The van der Waals surface area contributed by atoms with Crippen molar-refractivity contribution in [3.63, 3.8) is 0 Å². The van der Waals surface area contributed by atoms with Gasteiger partial charge in [0.25, 0.3) is 0 Å². The third-order valence-electron chi connectivity index (χ3n) is 3.67. The highest BCUT2D eigenvalue weighted by molar-refractivity contribution is 8.00. The van der Waals surface area contributed by atoms with E-state index in [4.69, 9.17) is 15.9 Å². The van der Waals surface area contributed by atoms with Crippen molar-refractivity contribution in [1.29, 1.82) is 0 Å². The summed E-state index contributed by atoms with van der Waals surface area (Å²) < 4.78 is 0. The Morgan fingerprint density at radius 3 is 2.38 bits per heavy atom. The monoisotopic (exact) mass is 389 g/mol. The van der Waals surface area contributed by atoms with Gasteiger partial charge in [-0.05, 0) is 5.92 Å². The predicted octanol–water partition coefficient (Wildman–Crippen LogP) is -1.81. The van der Waals surface area contributed by atoms with Gasteiger partial charge in [-0.25, -0.2) is 9.59 Å². The van der Waals surface area contributed by atoms with Crippen LogP contribution in [-0.4, -0.2) is 68.6 Å². The van der Waals surface area contributed by atoms with E-state index in [0.29, 0.717) is 6.29 Å². The van der Waals surface area contributed by atoms with E-state index in [1.54, 1.807) is 0 Å². The first-order valence-corrected chi connectivity index (χ1v) is 8.43. The molecule has 0 aromatic heterocycles. The first-order valence-electron chi connectivity index (χ1n) is 7.38. The minimum absolute atomic E-state index is 0.0322. The van der Waals surface area contributed by atoms with E-state index in [0.717, 1.165) is 11.8 Å². The van der Waals surface area contributed by atoms with Crippen molar-refractivity contribution in [2.75, 3.05) is 5.75 Å². The number of carbonyl (C=O) groups is 5. The highest BCUT2D eigenvalue weighted by Crippen LogP contribution is 2.24. The normalized spacial score (nSPS) is 20.3. The molecule has 0 spiro atoms. The van der Waals surface area contributed by atoms with Gasteiger partial charge in [0, 0.05) is 17.7 Å². The number of thioether (sulfide) groups is 1. The second-order valence-electron chi connectivity index (χ2n) is 5.63. The summed E-state index contributed by atoms with van der Waals surface area (Å²) in [7, 11) is 0. The van der Waals surface area contributed by atoms with Gasteiger partial charge in [0.2, 0.25) is 5.91 Å². The molecule has 1 heterocycles. The van der Waals surface area contributed by atoms with Crippen LogP contribution in [-0.2, 0) is 24.0 Å². The van der Waals surface area contributed by atoms with Crippen LogP contribution >= 0.6 is 11.8 Å². The Morgan fingerprint density at radius 1 is 1.31 bits per heavy atom. The number of aldehydes is 1. The standard InChI is InChI=1S/C14H19N3O8S/c1-5(8(15)12(20)21)2-7(19)16-10(14(24)25)11-17-9(13(22)23)6(3-18)4-26-11/h3,5,8,10-11,17H,2,4,15H2,1H3,(H,16,19)(H,20,21)(H,22,23)(H,24,25)/t5?,8?,10-,11+/m0/s1. The van der Waals surface area contributed by atoms with E-state index < -0.39 is 52.9 Å². The summed E-state index contributed by atoms with van der Waals surface area (Å²) in [5, 5.41) is 30.9.